The number of aliphatic hydroxyl groups is 1. The van der Waals surface area contributed by atoms with Gasteiger partial charge in [0.2, 0.25) is 0 Å². The summed E-state index contributed by atoms with van der Waals surface area (Å²) in [6.07, 6.45) is 18.1. The first kappa shape index (κ1) is 15.8. The van der Waals surface area contributed by atoms with E-state index in [1.807, 2.05) is 0 Å². The molecule has 1 N–H and O–H groups in total. The van der Waals surface area contributed by atoms with Crippen LogP contribution in [0.1, 0.15) is 90.4 Å². The topological polar surface area (TPSA) is 20.2 Å². The maximum atomic E-state index is 10.7. The van der Waals surface area contributed by atoms with Crippen molar-refractivity contribution in [2.45, 2.75) is 96.5 Å². The van der Waals surface area contributed by atoms with Crippen molar-refractivity contribution < 1.29 is 5.11 Å². The van der Waals surface area contributed by atoms with E-state index >= 15 is 0 Å². The number of hydrogen-bond donors (Lipinski definition) is 1. The summed E-state index contributed by atoms with van der Waals surface area (Å²) in [5.74, 6) is 4.26. The van der Waals surface area contributed by atoms with Crippen LogP contribution < -0.4 is 0 Å². The van der Waals surface area contributed by atoms with Gasteiger partial charge in [-0.15, -0.1) is 0 Å². The molecule has 1 heteroatoms. The van der Waals surface area contributed by atoms with Crippen LogP contribution in [-0.2, 0) is 0 Å². The van der Waals surface area contributed by atoms with Crippen LogP contribution in [0.2, 0.25) is 0 Å². The largest absolute Gasteiger partial charge is 0.393 e. The molecule has 0 radical (unpaired) electrons. The minimum absolute atomic E-state index is 0.0256. The van der Waals surface area contributed by atoms with Crippen molar-refractivity contribution in [1.82, 2.24) is 0 Å². The lowest BCUT2D eigenvalue weighted by Crippen LogP contribution is -2.34. The zero-order valence-electron chi connectivity index (χ0n) is 14.1. The smallest absolute Gasteiger partial charge is 0.0596 e. The summed E-state index contributed by atoms with van der Waals surface area (Å²) < 4.78 is 0. The molecule has 0 saturated heterocycles. The molecule has 3 rings (SSSR count). The molecule has 0 bridgehead atoms. The van der Waals surface area contributed by atoms with Gasteiger partial charge in [0.05, 0.1) is 6.10 Å². The first-order chi connectivity index (χ1) is 10.2. The molecule has 1 unspecified atom stereocenters. The van der Waals surface area contributed by atoms with Crippen molar-refractivity contribution >= 4 is 0 Å². The second kappa shape index (κ2) is 7.49. The standard InChI is InChI=1S/C20H36O/c1-15-7-9-16(10-8-15)17-11-13-19(14-12-17)20(21)18-5-3-2-4-6-18/h15-21H,2-14H2,1H3. The molecule has 0 aromatic carbocycles. The SMILES string of the molecule is CC1CCC(C2CCC(C(O)C3CCCCC3)CC2)CC1. The van der Waals surface area contributed by atoms with Gasteiger partial charge in [0.25, 0.3) is 0 Å². The number of rotatable bonds is 3. The molecule has 3 fully saturated rings. The van der Waals surface area contributed by atoms with Crippen LogP contribution in [0.4, 0.5) is 0 Å². The molecule has 0 spiro atoms. The fraction of sp³-hybridized carbons (Fsp3) is 1.00. The monoisotopic (exact) mass is 292 g/mol. The van der Waals surface area contributed by atoms with E-state index in [0.717, 1.165) is 17.8 Å². The fourth-order valence-electron chi connectivity index (χ4n) is 5.58. The van der Waals surface area contributed by atoms with E-state index in [0.29, 0.717) is 11.8 Å². The maximum absolute atomic E-state index is 10.7. The lowest BCUT2D eigenvalue weighted by molar-refractivity contribution is 0.00525. The summed E-state index contributed by atoms with van der Waals surface area (Å²) in [7, 11) is 0. The maximum Gasteiger partial charge on any atom is 0.0596 e. The van der Waals surface area contributed by atoms with Crippen LogP contribution in [0.5, 0.6) is 0 Å². The van der Waals surface area contributed by atoms with Crippen molar-refractivity contribution in [2.24, 2.45) is 29.6 Å². The molecule has 3 aliphatic carbocycles. The van der Waals surface area contributed by atoms with E-state index in [4.69, 9.17) is 0 Å². The molecule has 21 heavy (non-hydrogen) atoms. The van der Waals surface area contributed by atoms with Crippen LogP contribution in [0.3, 0.4) is 0 Å². The van der Waals surface area contributed by atoms with Crippen molar-refractivity contribution in [2.75, 3.05) is 0 Å². The Bertz CT molecular complexity index is 291. The van der Waals surface area contributed by atoms with Crippen LogP contribution >= 0.6 is 0 Å². The Hall–Kier alpha value is -0.0400. The van der Waals surface area contributed by atoms with Gasteiger partial charge in [-0.05, 0) is 81.0 Å². The lowest BCUT2D eigenvalue weighted by atomic mass is 9.67. The summed E-state index contributed by atoms with van der Waals surface area (Å²) >= 11 is 0. The highest BCUT2D eigenvalue weighted by atomic mass is 16.3. The van der Waals surface area contributed by atoms with E-state index in [1.165, 1.54) is 83.5 Å². The van der Waals surface area contributed by atoms with Gasteiger partial charge in [-0.3, -0.25) is 0 Å². The van der Waals surface area contributed by atoms with Gasteiger partial charge in [-0.1, -0.05) is 39.0 Å². The van der Waals surface area contributed by atoms with Gasteiger partial charge in [-0.2, -0.15) is 0 Å². The third-order valence-electron chi connectivity index (χ3n) is 7.16. The molecule has 0 aliphatic heterocycles. The predicted octanol–water partition coefficient (Wildman–Crippen LogP) is 5.56. The molecule has 3 saturated carbocycles. The minimum atomic E-state index is 0.0256. The second-order valence-corrected chi connectivity index (χ2v) is 8.58. The van der Waals surface area contributed by atoms with E-state index < -0.39 is 0 Å². The molecule has 1 atom stereocenters. The summed E-state index contributed by atoms with van der Waals surface area (Å²) in [5.41, 5.74) is 0. The molecule has 122 valence electrons. The van der Waals surface area contributed by atoms with E-state index in [9.17, 15) is 5.11 Å². The molecular formula is C20H36O. The Morgan fingerprint density at radius 1 is 0.619 bits per heavy atom. The van der Waals surface area contributed by atoms with Crippen molar-refractivity contribution in [3.63, 3.8) is 0 Å². The van der Waals surface area contributed by atoms with Crippen molar-refractivity contribution in [3.05, 3.63) is 0 Å². The second-order valence-electron chi connectivity index (χ2n) is 8.58. The molecule has 0 aromatic rings. The first-order valence-electron chi connectivity index (χ1n) is 9.92. The van der Waals surface area contributed by atoms with Crippen LogP contribution in [0, 0.1) is 29.6 Å². The number of aliphatic hydroxyl groups excluding tert-OH is 1. The third-order valence-corrected chi connectivity index (χ3v) is 7.16. The van der Waals surface area contributed by atoms with Crippen LogP contribution in [-0.4, -0.2) is 11.2 Å². The summed E-state index contributed by atoms with van der Waals surface area (Å²) in [6.45, 7) is 2.42. The highest BCUT2D eigenvalue weighted by molar-refractivity contribution is 4.86. The number of hydrogen-bond acceptors (Lipinski definition) is 1. The summed E-state index contributed by atoms with van der Waals surface area (Å²) in [4.78, 5) is 0. The van der Waals surface area contributed by atoms with E-state index in [2.05, 4.69) is 6.92 Å². The fourth-order valence-corrected chi connectivity index (χ4v) is 5.58. The Balaban J connectivity index is 1.44. The normalized spacial score (nSPS) is 40.9. The predicted molar refractivity (Wildman–Crippen MR) is 89.2 cm³/mol. The zero-order chi connectivity index (χ0) is 14.7. The molecule has 0 aromatic heterocycles. The van der Waals surface area contributed by atoms with Crippen LogP contribution in [0.15, 0.2) is 0 Å². The van der Waals surface area contributed by atoms with Crippen molar-refractivity contribution in [3.8, 4) is 0 Å². The highest BCUT2D eigenvalue weighted by Gasteiger charge is 2.34. The Labute approximate surface area is 131 Å². The molecule has 1 nitrogen and oxygen atoms in total. The Morgan fingerprint density at radius 2 is 1.10 bits per heavy atom. The van der Waals surface area contributed by atoms with Crippen molar-refractivity contribution in [1.29, 1.82) is 0 Å². The summed E-state index contributed by atoms with van der Waals surface area (Å²) in [5, 5.41) is 10.7. The Morgan fingerprint density at radius 3 is 1.67 bits per heavy atom. The zero-order valence-corrected chi connectivity index (χ0v) is 14.1. The molecule has 0 heterocycles. The van der Waals surface area contributed by atoms with Gasteiger partial charge < -0.3 is 5.11 Å². The van der Waals surface area contributed by atoms with Gasteiger partial charge in [0.1, 0.15) is 0 Å². The van der Waals surface area contributed by atoms with Crippen LogP contribution in [0.25, 0.3) is 0 Å². The Kier molecular flexibility index (Phi) is 5.65. The minimum Gasteiger partial charge on any atom is -0.393 e. The molecular weight excluding hydrogens is 256 g/mol. The van der Waals surface area contributed by atoms with E-state index in [-0.39, 0.29) is 6.10 Å². The molecule has 0 amide bonds. The lowest BCUT2D eigenvalue weighted by Gasteiger charge is -2.40. The average molecular weight is 293 g/mol. The van der Waals surface area contributed by atoms with Gasteiger partial charge >= 0.3 is 0 Å². The van der Waals surface area contributed by atoms with E-state index in [1.54, 1.807) is 0 Å². The third kappa shape index (κ3) is 4.03. The molecule has 3 aliphatic rings. The van der Waals surface area contributed by atoms with Gasteiger partial charge in [0.15, 0.2) is 0 Å². The van der Waals surface area contributed by atoms with Gasteiger partial charge in [-0.25, -0.2) is 0 Å². The first-order valence-corrected chi connectivity index (χ1v) is 9.92. The average Bonchev–Trinajstić information content (AvgIpc) is 2.56. The van der Waals surface area contributed by atoms with Gasteiger partial charge in [0, 0.05) is 0 Å². The quantitative estimate of drug-likeness (QED) is 0.722. The summed E-state index contributed by atoms with van der Waals surface area (Å²) in [6, 6.07) is 0. The highest BCUT2D eigenvalue weighted by Crippen LogP contribution is 2.43.